The number of piperazine rings is 1. The Morgan fingerprint density at radius 3 is 1.98 bits per heavy atom. The van der Waals surface area contributed by atoms with E-state index in [2.05, 4.69) is 32.8 Å². The van der Waals surface area contributed by atoms with Crippen molar-refractivity contribution < 1.29 is 19.1 Å². The number of hydrogen-bond donors (Lipinski definition) is 4. The van der Waals surface area contributed by atoms with E-state index in [4.69, 9.17) is 10.5 Å². The Hall–Kier alpha value is -4.61. The number of hydrogen-bond acceptors (Lipinski definition) is 7. The van der Waals surface area contributed by atoms with Crippen LogP contribution < -0.4 is 26.6 Å². The molecule has 1 aliphatic heterocycles. The molecule has 1 saturated heterocycles. The molecular weight excluding hydrogens is 594 g/mol. The van der Waals surface area contributed by atoms with Gasteiger partial charge in [0.25, 0.3) is 5.91 Å². The first-order valence-corrected chi connectivity index (χ1v) is 16.0. The molecule has 0 spiro atoms. The summed E-state index contributed by atoms with van der Waals surface area (Å²) in [6, 6.07) is 21.8. The third kappa shape index (κ3) is 11.3. The summed E-state index contributed by atoms with van der Waals surface area (Å²) in [4.78, 5) is 45.3. The SMILES string of the molecule is CN1CCN(c2ccc(NC(=O)N(CCC(C)(C)N)Cc3ccc(C(=O)Nc4ccccc4NC(=O)OC(C)(C)C)cc3)cc2)CC1. The molecule has 1 heterocycles. The minimum absolute atomic E-state index is 0.225. The van der Waals surface area contributed by atoms with E-state index in [0.29, 0.717) is 36.4 Å². The van der Waals surface area contributed by atoms with E-state index >= 15 is 0 Å². The maximum absolute atomic E-state index is 13.5. The van der Waals surface area contributed by atoms with E-state index in [1.54, 1.807) is 62.1 Å². The Balaban J connectivity index is 1.39. The third-order valence-corrected chi connectivity index (χ3v) is 7.70. The number of carbonyl (C=O) groups is 3. The van der Waals surface area contributed by atoms with Crippen molar-refractivity contribution in [1.29, 1.82) is 0 Å². The highest BCUT2D eigenvalue weighted by atomic mass is 16.6. The van der Waals surface area contributed by atoms with Crippen LogP contribution in [0.2, 0.25) is 0 Å². The predicted octanol–water partition coefficient (Wildman–Crippen LogP) is 6.20. The van der Waals surface area contributed by atoms with Gasteiger partial charge in [-0.05, 0) is 102 Å². The standard InChI is InChI=1S/C36H49N7O4/c1-35(2,3)47-34(46)40-31-10-8-7-9-30(31)39-32(44)27-13-11-26(12-14-27)25-43(20-19-36(4,5)37)33(45)38-28-15-17-29(18-16-28)42-23-21-41(6)22-24-42/h7-18H,19-25,37H2,1-6H3,(H,38,45)(H,39,44)(H,40,46). The molecule has 0 aliphatic carbocycles. The molecule has 5 N–H and O–H groups in total. The summed E-state index contributed by atoms with van der Waals surface area (Å²) in [5, 5.41) is 8.59. The predicted molar refractivity (Wildman–Crippen MR) is 189 cm³/mol. The summed E-state index contributed by atoms with van der Waals surface area (Å²) in [5.41, 5.74) is 9.19. The average Bonchev–Trinajstić information content (AvgIpc) is 3.00. The zero-order valence-corrected chi connectivity index (χ0v) is 28.4. The van der Waals surface area contributed by atoms with Crippen LogP contribution in [0.3, 0.4) is 0 Å². The second kappa shape index (κ2) is 15.3. The lowest BCUT2D eigenvalue weighted by molar-refractivity contribution is 0.0635. The number of para-hydroxylation sites is 2. The zero-order valence-electron chi connectivity index (χ0n) is 28.4. The smallest absolute Gasteiger partial charge is 0.412 e. The van der Waals surface area contributed by atoms with Crippen LogP contribution in [-0.4, -0.2) is 78.7 Å². The number of nitrogens with two attached hydrogens (primary N) is 1. The van der Waals surface area contributed by atoms with Gasteiger partial charge in [-0.15, -0.1) is 0 Å². The van der Waals surface area contributed by atoms with Crippen LogP contribution in [0.4, 0.5) is 32.3 Å². The maximum Gasteiger partial charge on any atom is 0.412 e. The number of nitrogens with one attached hydrogen (secondary N) is 3. The van der Waals surface area contributed by atoms with Gasteiger partial charge in [-0.1, -0.05) is 24.3 Å². The van der Waals surface area contributed by atoms with Crippen molar-refractivity contribution in [3.63, 3.8) is 0 Å². The fourth-order valence-corrected chi connectivity index (χ4v) is 4.99. The van der Waals surface area contributed by atoms with Gasteiger partial charge in [-0.3, -0.25) is 10.1 Å². The Kier molecular flexibility index (Phi) is 11.5. The summed E-state index contributed by atoms with van der Waals surface area (Å²) in [5.74, 6) is -0.338. The van der Waals surface area contributed by atoms with Gasteiger partial charge in [0, 0.05) is 61.7 Å². The first-order valence-electron chi connectivity index (χ1n) is 16.0. The lowest BCUT2D eigenvalue weighted by Crippen LogP contribution is -2.44. The molecule has 3 aromatic rings. The number of ether oxygens (including phenoxy) is 1. The number of amides is 4. The van der Waals surface area contributed by atoms with Crippen molar-refractivity contribution in [2.45, 2.75) is 58.7 Å². The Labute approximate surface area is 278 Å². The van der Waals surface area contributed by atoms with E-state index in [1.165, 1.54) is 0 Å². The molecule has 1 fully saturated rings. The third-order valence-electron chi connectivity index (χ3n) is 7.70. The minimum atomic E-state index is -0.656. The van der Waals surface area contributed by atoms with E-state index in [9.17, 15) is 14.4 Å². The molecule has 11 heteroatoms. The van der Waals surface area contributed by atoms with Crippen molar-refractivity contribution in [2.24, 2.45) is 5.73 Å². The fraction of sp³-hybridized carbons (Fsp3) is 0.417. The van der Waals surface area contributed by atoms with Crippen molar-refractivity contribution in [3.05, 3.63) is 83.9 Å². The van der Waals surface area contributed by atoms with Crippen molar-refractivity contribution >= 4 is 40.8 Å². The van der Waals surface area contributed by atoms with Crippen LogP contribution >= 0.6 is 0 Å². The highest BCUT2D eigenvalue weighted by molar-refractivity contribution is 6.06. The van der Waals surface area contributed by atoms with Gasteiger partial charge in [0.2, 0.25) is 0 Å². The second-order valence-electron chi connectivity index (χ2n) is 13.8. The van der Waals surface area contributed by atoms with Gasteiger partial charge in [0.05, 0.1) is 11.4 Å². The van der Waals surface area contributed by atoms with Crippen LogP contribution in [-0.2, 0) is 11.3 Å². The van der Waals surface area contributed by atoms with Crippen molar-refractivity contribution in [1.82, 2.24) is 9.80 Å². The maximum atomic E-state index is 13.5. The van der Waals surface area contributed by atoms with Gasteiger partial charge >= 0.3 is 12.1 Å². The number of likely N-dealkylation sites (N-methyl/N-ethyl adjacent to an activating group) is 1. The van der Waals surface area contributed by atoms with Crippen LogP contribution in [0.5, 0.6) is 0 Å². The summed E-state index contributed by atoms with van der Waals surface area (Å²) in [7, 11) is 2.13. The molecule has 0 bridgehead atoms. The molecule has 0 saturated carbocycles. The van der Waals surface area contributed by atoms with Gasteiger partial charge in [0.15, 0.2) is 0 Å². The van der Waals surface area contributed by atoms with E-state index in [0.717, 1.165) is 43.1 Å². The van der Waals surface area contributed by atoms with Crippen LogP contribution in [0.25, 0.3) is 0 Å². The summed E-state index contributed by atoms with van der Waals surface area (Å²) < 4.78 is 5.34. The van der Waals surface area contributed by atoms with Crippen LogP contribution in [0.1, 0.15) is 57.0 Å². The summed E-state index contributed by atoms with van der Waals surface area (Å²) in [6.07, 6.45) is -0.00201. The number of carbonyl (C=O) groups excluding carboxylic acids is 3. The van der Waals surface area contributed by atoms with Gasteiger partial charge in [0.1, 0.15) is 5.60 Å². The molecule has 0 atom stereocenters. The number of rotatable bonds is 10. The Morgan fingerprint density at radius 2 is 1.40 bits per heavy atom. The number of benzene rings is 3. The van der Waals surface area contributed by atoms with Gasteiger partial charge in [-0.2, -0.15) is 0 Å². The molecular formula is C36H49N7O4. The molecule has 4 amide bonds. The molecule has 0 unspecified atom stereocenters. The lowest BCUT2D eigenvalue weighted by atomic mass is 10.0. The first kappa shape index (κ1) is 35.2. The largest absolute Gasteiger partial charge is 0.444 e. The van der Waals surface area contributed by atoms with Crippen molar-refractivity contribution in [3.8, 4) is 0 Å². The summed E-state index contributed by atoms with van der Waals surface area (Å²) >= 11 is 0. The van der Waals surface area contributed by atoms with Gasteiger partial charge in [-0.25, -0.2) is 9.59 Å². The van der Waals surface area contributed by atoms with E-state index in [1.807, 2.05) is 50.2 Å². The van der Waals surface area contributed by atoms with Crippen LogP contribution in [0, 0.1) is 0 Å². The van der Waals surface area contributed by atoms with E-state index < -0.39 is 17.2 Å². The molecule has 4 rings (SSSR count). The first-order chi connectivity index (χ1) is 22.1. The number of anilines is 4. The zero-order chi connectivity index (χ0) is 34.2. The minimum Gasteiger partial charge on any atom is -0.444 e. The molecule has 0 radical (unpaired) electrons. The number of nitrogens with zero attached hydrogens (tertiary/aromatic N) is 3. The summed E-state index contributed by atoms with van der Waals surface area (Å²) in [6.45, 7) is 14.0. The normalized spacial score (nSPS) is 13.9. The molecule has 1 aliphatic rings. The molecule has 3 aromatic carbocycles. The second-order valence-corrected chi connectivity index (χ2v) is 13.8. The van der Waals surface area contributed by atoms with Gasteiger partial charge < -0.3 is 35.8 Å². The fourth-order valence-electron chi connectivity index (χ4n) is 4.99. The molecule has 0 aromatic heterocycles. The molecule has 11 nitrogen and oxygen atoms in total. The molecule has 47 heavy (non-hydrogen) atoms. The van der Waals surface area contributed by atoms with Crippen molar-refractivity contribution in [2.75, 3.05) is 60.6 Å². The number of urea groups is 1. The topological polar surface area (TPSA) is 132 Å². The molecule has 252 valence electrons. The Bertz CT molecular complexity index is 1500. The quantitative estimate of drug-likeness (QED) is 0.207. The average molecular weight is 644 g/mol. The van der Waals surface area contributed by atoms with E-state index in [-0.39, 0.29) is 11.9 Å². The monoisotopic (exact) mass is 643 g/mol. The van der Waals surface area contributed by atoms with Crippen LogP contribution in [0.15, 0.2) is 72.8 Å². The lowest BCUT2D eigenvalue weighted by Gasteiger charge is -2.34. The Morgan fingerprint density at radius 1 is 0.809 bits per heavy atom. The highest BCUT2D eigenvalue weighted by Crippen LogP contribution is 2.24. The highest BCUT2D eigenvalue weighted by Gasteiger charge is 2.21.